The molecule has 0 unspecified atom stereocenters. The Labute approximate surface area is 214 Å². The lowest BCUT2D eigenvalue weighted by molar-refractivity contribution is 0.133. The Morgan fingerprint density at radius 1 is 1.19 bits per heavy atom. The molecule has 202 valence electrons. The molecule has 0 bridgehead atoms. The summed E-state index contributed by atoms with van der Waals surface area (Å²) in [5.41, 5.74) is 0.477. The third-order valence-electron chi connectivity index (χ3n) is 6.09. The Morgan fingerprint density at radius 2 is 1.95 bits per heavy atom. The number of fused-ring (bicyclic) bond motifs is 1. The third-order valence-corrected chi connectivity index (χ3v) is 8.95. The van der Waals surface area contributed by atoms with Crippen molar-refractivity contribution >= 4 is 37.0 Å². The average molecular weight is 555 g/mol. The van der Waals surface area contributed by atoms with Gasteiger partial charge in [0.2, 0.25) is 16.0 Å². The maximum Gasteiger partial charge on any atom is 0.257 e. The van der Waals surface area contributed by atoms with E-state index in [2.05, 4.69) is 25.4 Å². The molecule has 3 aromatic heterocycles. The number of anilines is 1. The van der Waals surface area contributed by atoms with Crippen molar-refractivity contribution in [2.45, 2.75) is 45.4 Å². The predicted octanol–water partition coefficient (Wildman–Crippen LogP) is 0.0236. The van der Waals surface area contributed by atoms with Gasteiger partial charge in [0, 0.05) is 49.4 Å². The highest BCUT2D eigenvalue weighted by atomic mass is 32.2. The summed E-state index contributed by atoms with van der Waals surface area (Å²) in [6, 6.07) is 1.66. The van der Waals surface area contributed by atoms with Crippen LogP contribution in [0.3, 0.4) is 0 Å². The standard InChI is InChI=1S/C21H30N8O6S2/c1-3-35-13-17-11-16-12-23-21(25-18-5-8-27(9-6-18)36(2,31)32)26-19(16)28(20(17)30)7-4-10-37(33,34)29-15-22-14-24-29/h11-12,14-15,18H,3-10,13H2,1-2H3,(H,23,25,26). The first-order valence-electron chi connectivity index (χ1n) is 11.8. The fourth-order valence-electron chi connectivity index (χ4n) is 4.17. The van der Waals surface area contributed by atoms with E-state index in [1.54, 1.807) is 12.3 Å². The minimum atomic E-state index is -3.71. The van der Waals surface area contributed by atoms with Crippen LogP contribution < -0.4 is 10.9 Å². The van der Waals surface area contributed by atoms with Gasteiger partial charge in [-0.15, -0.1) is 9.19 Å². The van der Waals surface area contributed by atoms with E-state index >= 15 is 0 Å². The zero-order valence-electron chi connectivity index (χ0n) is 20.6. The topological polar surface area (TPSA) is 171 Å². The van der Waals surface area contributed by atoms with Crippen molar-refractivity contribution in [2.75, 3.05) is 37.0 Å². The van der Waals surface area contributed by atoms with Gasteiger partial charge in [-0.05, 0) is 32.3 Å². The van der Waals surface area contributed by atoms with Crippen molar-refractivity contribution < 1.29 is 21.6 Å². The first-order valence-corrected chi connectivity index (χ1v) is 15.3. The molecule has 1 aliphatic rings. The summed E-state index contributed by atoms with van der Waals surface area (Å²) in [6.45, 7) is 3.28. The SMILES string of the molecule is CCOCc1cc2cnc(NC3CCN(S(C)(=O)=O)CC3)nc2n(CCCS(=O)(=O)n2cncn2)c1=O. The number of sulfonamides is 1. The zero-order chi connectivity index (χ0) is 26.6. The molecule has 0 amide bonds. The highest BCUT2D eigenvalue weighted by molar-refractivity contribution is 7.89. The Kier molecular flexibility index (Phi) is 8.20. The van der Waals surface area contributed by atoms with Crippen molar-refractivity contribution in [2.24, 2.45) is 0 Å². The van der Waals surface area contributed by atoms with E-state index in [0.29, 0.717) is 55.1 Å². The number of pyridine rings is 1. The Balaban J connectivity index is 1.57. The number of piperidine rings is 1. The molecule has 0 atom stereocenters. The summed E-state index contributed by atoms with van der Waals surface area (Å²) in [5, 5.41) is 7.54. The van der Waals surface area contributed by atoms with Gasteiger partial charge in [0.1, 0.15) is 18.3 Å². The second-order valence-electron chi connectivity index (χ2n) is 8.75. The Hall–Kier alpha value is -2.95. The number of rotatable bonds is 11. The van der Waals surface area contributed by atoms with Crippen LogP contribution in [0.25, 0.3) is 11.0 Å². The minimum Gasteiger partial charge on any atom is -0.377 e. The molecular formula is C21H30N8O6S2. The maximum absolute atomic E-state index is 13.3. The number of ether oxygens (including phenoxy) is 1. The van der Waals surface area contributed by atoms with Gasteiger partial charge in [-0.2, -0.15) is 4.98 Å². The number of aryl methyl sites for hydroxylation is 1. The molecule has 4 heterocycles. The monoisotopic (exact) mass is 554 g/mol. The van der Waals surface area contributed by atoms with E-state index in [9.17, 15) is 21.6 Å². The number of nitrogens with zero attached hydrogens (tertiary/aromatic N) is 7. The average Bonchev–Trinajstić information content (AvgIpc) is 3.40. The van der Waals surface area contributed by atoms with Gasteiger partial charge in [0.15, 0.2) is 0 Å². The van der Waals surface area contributed by atoms with Crippen molar-refractivity contribution in [3.8, 4) is 0 Å². The maximum atomic E-state index is 13.3. The molecule has 0 aromatic carbocycles. The van der Waals surface area contributed by atoms with Gasteiger partial charge < -0.3 is 10.1 Å². The van der Waals surface area contributed by atoms with Gasteiger partial charge in [-0.3, -0.25) is 9.36 Å². The molecule has 0 saturated carbocycles. The molecule has 37 heavy (non-hydrogen) atoms. The van der Waals surface area contributed by atoms with Gasteiger partial charge in [0.05, 0.1) is 18.6 Å². The quantitative estimate of drug-likeness (QED) is 0.339. The molecule has 3 aromatic rings. The van der Waals surface area contributed by atoms with Crippen molar-refractivity contribution in [1.82, 2.24) is 33.0 Å². The molecule has 1 N–H and O–H groups in total. The summed E-state index contributed by atoms with van der Waals surface area (Å²) >= 11 is 0. The van der Waals surface area contributed by atoms with Crippen LogP contribution >= 0.6 is 0 Å². The smallest absolute Gasteiger partial charge is 0.257 e. The molecule has 1 saturated heterocycles. The molecule has 0 radical (unpaired) electrons. The largest absolute Gasteiger partial charge is 0.377 e. The van der Waals surface area contributed by atoms with Gasteiger partial charge in [0.25, 0.3) is 15.6 Å². The second kappa shape index (κ2) is 11.2. The van der Waals surface area contributed by atoms with E-state index in [1.165, 1.54) is 15.1 Å². The van der Waals surface area contributed by atoms with E-state index in [0.717, 1.165) is 16.7 Å². The van der Waals surface area contributed by atoms with Crippen LogP contribution in [0.1, 0.15) is 31.7 Å². The lowest BCUT2D eigenvalue weighted by Gasteiger charge is -2.30. The molecule has 4 rings (SSSR count). The van der Waals surface area contributed by atoms with Crippen LogP contribution in [0.5, 0.6) is 0 Å². The van der Waals surface area contributed by atoms with Crippen molar-refractivity contribution in [3.05, 3.63) is 40.8 Å². The zero-order valence-corrected chi connectivity index (χ0v) is 22.3. The van der Waals surface area contributed by atoms with Crippen molar-refractivity contribution in [3.63, 3.8) is 0 Å². The van der Waals surface area contributed by atoms with Crippen LogP contribution in [0.2, 0.25) is 0 Å². The highest BCUT2D eigenvalue weighted by Gasteiger charge is 2.25. The molecule has 16 heteroatoms. The number of hydrogen-bond donors (Lipinski definition) is 1. The van der Waals surface area contributed by atoms with E-state index in [-0.39, 0.29) is 36.9 Å². The summed E-state index contributed by atoms with van der Waals surface area (Å²) in [7, 11) is -6.94. The van der Waals surface area contributed by atoms with Crippen LogP contribution in [-0.4, -0.2) is 87.6 Å². The second-order valence-corrected chi connectivity index (χ2v) is 12.7. The van der Waals surface area contributed by atoms with Gasteiger partial charge in [-0.1, -0.05) is 0 Å². The number of aromatic nitrogens is 6. The molecule has 0 aliphatic carbocycles. The fraction of sp³-hybridized carbons (Fsp3) is 0.571. The normalized spacial score (nSPS) is 15.8. The van der Waals surface area contributed by atoms with E-state index in [4.69, 9.17) is 4.74 Å². The molecule has 0 spiro atoms. The molecule has 1 aliphatic heterocycles. The van der Waals surface area contributed by atoms with Crippen LogP contribution in [0.15, 0.2) is 29.7 Å². The Morgan fingerprint density at radius 3 is 2.59 bits per heavy atom. The molecule has 1 fully saturated rings. The lowest BCUT2D eigenvalue weighted by atomic mass is 10.1. The fourth-order valence-corrected chi connectivity index (χ4v) is 6.10. The number of hydrogen-bond acceptors (Lipinski definition) is 11. The summed E-state index contributed by atoms with van der Waals surface area (Å²) < 4.78 is 57.6. The van der Waals surface area contributed by atoms with E-state index in [1.807, 2.05) is 6.92 Å². The summed E-state index contributed by atoms with van der Waals surface area (Å²) in [6.07, 6.45) is 6.39. The minimum absolute atomic E-state index is 0.0272. The van der Waals surface area contributed by atoms with E-state index < -0.39 is 20.0 Å². The predicted molar refractivity (Wildman–Crippen MR) is 136 cm³/mol. The van der Waals surface area contributed by atoms with Gasteiger partial charge in [-0.25, -0.2) is 31.1 Å². The first kappa shape index (κ1) is 27.1. The highest BCUT2D eigenvalue weighted by Crippen LogP contribution is 2.19. The van der Waals surface area contributed by atoms with Gasteiger partial charge >= 0.3 is 0 Å². The summed E-state index contributed by atoms with van der Waals surface area (Å²) in [4.78, 5) is 25.9. The number of nitrogens with one attached hydrogen (secondary N) is 1. The Bertz CT molecular complexity index is 1500. The van der Waals surface area contributed by atoms with Crippen LogP contribution in [-0.2, 0) is 37.9 Å². The molecule has 14 nitrogen and oxygen atoms in total. The van der Waals surface area contributed by atoms with Crippen molar-refractivity contribution in [1.29, 1.82) is 0 Å². The summed E-state index contributed by atoms with van der Waals surface area (Å²) in [5.74, 6) is 0.0704. The molecular weight excluding hydrogens is 524 g/mol. The van der Waals surface area contributed by atoms with Crippen LogP contribution in [0, 0.1) is 0 Å². The lowest BCUT2D eigenvalue weighted by Crippen LogP contribution is -2.42. The first-order chi connectivity index (χ1) is 17.6. The van der Waals surface area contributed by atoms with Crippen LogP contribution in [0.4, 0.5) is 5.95 Å². The third kappa shape index (κ3) is 6.49.